The zero-order valence-electron chi connectivity index (χ0n) is 9.80. The fourth-order valence-electron chi connectivity index (χ4n) is 1.62. The first-order valence-corrected chi connectivity index (χ1v) is 6.22. The van der Waals surface area contributed by atoms with Crippen molar-refractivity contribution >= 4 is 28.9 Å². The minimum Gasteiger partial charge on any atom is -0.375 e. The van der Waals surface area contributed by atoms with Crippen LogP contribution in [0, 0.1) is 0 Å². The van der Waals surface area contributed by atoms with Gasteiger partial charge in [0.2, 0.25) is 0 Å². The Kier molecular flexibility index (Phi) is 3.83. The van der Waals surface area contributed by atoms with Crippen LogP contribution in [-0.4, -0.2) is 25.0 Å². The molecule has 1 saturated heterocycles. The lowest BCUT2D eigenvalue weighted by Crippen LogP contribution is -2.45. The largest absolute Gasteiger partial charge is 0.375 e. The van der Waals surface area contributed by atoms with Crippen LogP contribution >= 0.6 is 23.2 Å². The van der Waals surface area contributed by atoms with E-state index < -0.39 is 5.79 Å². The summed E-state index contributed by atoms with van der Waals surface area (Å²) in [6.07, 6.45) is 0. The highest BCUT2D eigenvalue weighted by Gasteiger charge is 2.28. The number of anilines is 1. The van der Waals surface area contributed by atoms with Crippen molar-refractivity contribution in [2.75, 3.05) is 18.5 Å². The minimum absolute atomic E-state index is 0.0559. The van der Waals surface area contributed by atoms with Gasteiger partial charge in [0.05, 0.1) is 35.0 Å². The van der Waals surface area contributed by atoms with Crippen LogP contribution in [0.3, 0.4) is 0 Å². The molecule has 0 unspecified atom stereocenters. The van der Waals surface area contributed by atoms with Gasteiger partial charge in [-0.05, 0) is 26.0 Å². The third-order valence-electron chi connectivity index (χ3n) is 2.58. The third kappa shape index (κ3) is 3.26. The molecular weight excluding hydrogens is 261 g/mol. The summed E-state index contributed by atoms with van der Waals surface area (Å²) in [6, 6.07) is 5.46. The topological polar surface area (TPSA) is 30.5 Å². The van der Waals surface area contributed by atoms with Gasteiger partial charge in [-0.25, -0.2) is 0 Å². The van der Waals surface area contributed by atoms with Crippen molar-refractivity contribution < 1.29 is 9.47 Å². The molecule has 1 fully saturated rings. The molecule has 17 heavy (non-hydrogen) atoms. The van der Waals surface area contributed by atoms with Gasteiger partial charge in [0.25, 0.3) is 0 Å². The monoisotopic (exact) mass is 275 g/mol. The Morgan fingerprint density at radius 3 is 2.24 bits per heavy atom. The van der Waals surface area contributed by atoms with E-state index in [0.29, 0.717) is 23.3 Å². The molecule has 1 N–H and O–H groups in total. The van der Waals surface area contributed by atoms with Gasteiger partial charge in [-0.3, -0.25) is 0 Å². The quantitative estimate of drug-likeness (QED) is 0.896. The molecule has 1 heterocycles. The number of hydrogen-bond acceptors (Lipinski definition) is 3. The van der Waals surface area contributed by atoms with Crippen LogP contribution in [0.1, 0.15) is 13.8 Å². The normalized spacial score (nSPS) is 20.2. The molecule has 0 bridgehead atoms. The summed E-state index contributed by atoms with van der Waals surface area (Å²) < 4.78 is 11.1. The average Bonchev–Trinajstić information content (AvgIpc) is 2.26. The van der Waals surface area contributed by atoms with Crippen molar-refractivity contribution in [3.05, 3.63) is 28.2 Å². The van der Waals surface area contributed by atoms with Crippen LogP contribution in [0.25, 0.3) is 0 Å². The Bertz CT molecular complexity index is 379. The molecule has 1 aliphatic heterocycles. The van der Waals surface area contributed by atoms with Gasteiger partial charge in [0.1, 0.15) is 0 Å². The van der Waals surface area contributed by atoms with Crippen molar-refractivity contribution in [3.63, 3.8) is 0 Å². The zero-order chi connectivity index (χ0) is 12.5. The lowest BCUT2D eigenvalue weighted by atomic mass is 10.2. The molecule has 0 atom stereocenters. The number of benzene rings is 1. The fourth-order valence-corrected chi connectivity index (χ4v) is 2.12. The van der Waals surface area contributed by atoms with E-state index in [1.54, 1.807) is 12.1 Å². The average molecular weight is 276 g/mol. The van der Waals surface area contributed by atoms with E-state index in [4.69, 9.17) is 32.7 Å². The van der Waals surface area contributed by atoms with Gasteiger partial charge in [-0.15, -0.1) is 0 Å². The number of para-hydroxylation sites is 1. The van der Waals surface area contributed by atoms with E-state index >= 15 is 0 Å². The van der Waals surface area contributed by atoms with Crippen LogP contribution in [0.2, 0.25) is 10.0 Å². The van der Waals surface area contributed by atoms with E-state index in [-0.39, 0.29) is 6.04 Å². The number of hydrogen-bond donors (Lipinski definition) is 1. The van der Waals surface area contributed by atoms with Gasteiger partial charge in [-0.2, -0.15) is 0 Å². The lowest BCUT2D eigenvalue weighted by molar-refractivity contribution is -0.247. The number of nitrogens with one attached hydrogen (secondary N) is 1. The summed E-state index contributed by atoms with van der Waals surface area (Å²) in [5, 5.41) is 4.44. The van der Waals surface area contributed by atoms with Crippen LogP contribution in [0.15, 0.2) is 18.2 Å². The molecular formula is C12H15Cl2NO2. The number of rotatable bonds is 2. The Morgan fingerprint density at radius 2 is 1.71 bits per heavy atom. The van der Waals surface area contributed by atoms with Gasteiger partial charge in [0.15, 0.2) is 5.79 Å². The molecule has 0 aromatic heterocycles. The van der Waals surface area contributed by atoms with Gasteiger partial charge in [0, 0.05) is 0 Å². The maximum absolute atomic E-state index is 6.08. The second-order valence-electron chi connectivity index (χ2n) is 4.46. The van der Waals surface area contributed by atoms with Crippen LogP contribution in [-0.2, 0) is 9.47 Å². The molecule has 1 aliphatic rings. The molecule has 1 aromatic carbocycles. The van der Waals surface area contributed by atoms with E-state index in [2.05, 4.69) is 5.32 Å². The van der Waals surface area contributed by atoms with E-state index in [9.17, 15) is 0 Å². The van der Waals surface area contributed by atoms with Crippen LogP contribution in [0.4, 0.5) is 5.69 Å². The third-order valence-corrected chi connectivity index (χ3v) is 3.21. The van der Waals surface area contributed by atoms with Gasteiger partial charge in [-0.1, -0.05) is 29.3 Å². The first-order valence-electron chi connectivity index (χ1n) is 5.46. The molecule has 0 spiro atoms. The molecule has 94 valence electrons. The maximum atomic E-state index is 6.08. The lowest BCUT2D eigenvalue weighted by Gasteiger charge is -2.35. The number of ether oxygens (including phenoxy) is 2. The summed E-state index contributed by atoms with van der Waals surface area (Å²) in [5.41, 5.74) is 0.729. The smallest absolute Gasteiger partial charge is 0.162 e. The van der Waals surface area contributed by atoms with Crippen molar-refractivity contribution in [1.82, 2.24) is 0 Å². The van der Waals surface area contributed by atoms with Gasteiger partial charge >= 0.3 is 0 Å². The number of halogens is 2. The molecule has 3 nitrogen and oxygen atoms in total. The fraction of sp³-hybridized carbons (Fsp3) is 0.500. The van der Waals surface area contributed by atoms with Crippen molar-refractivity contribution in [2.24, 2.45) is 0 Å². The summed E-state index contributed by atoms with van der Waals surface area (Å²) in [7, 11) is 0. The summed E-state index contributed by atoms with van der Waals surface area (Å²) >= 11 is 12.2. The predicted octanol–water partition coefficient (Wildman–Crippen LogP) is 3.56. The second kappa shape index (κ2) is 5.02. The van der Waals surface area contributed by atoms with Gasteiger partial charge < -0.3 is 14.8 Å². The molecule has 1 aromatic rings. The molecule has 0 saturated carbocycles. The molecule has 2 rings (SSSR count). The highest BCUT2D eigenvalue weighted by molar-refractivity contribution is 6.39. The highest BCUT2D eigenvalue weighted by atomic mass is 35.5. The van der Waals surface area contributed by atoms with Crippen LogP contribution < -0.4 is 5.32 Å². The minimum atomic E-state index is -0.511. The summed E-state index contributed by atoms with van der Waals surface area (Å²) in [4.78, 5) is 0. The molecule has 5 heteroatoms. The molecule has 0 radical (unpaired) electrons. The van der Waals surface area contributed by atoms with E-state index in [0.717, 1.165) is 5.69 Å². The van der Waals surface area contributed by atoms with Crippen molar-refractivity contribution in [3.8, 4) is 0 Å². The Balaban J connectivity index is 2.03. The standard InChI is InChI=1S/C12H15Cl2NO2/c1-12(2)16-6-8(7-17-12)15-11-9(13)4-3-5-10(11)14/h3-5,8,15H,6-7H2,1-2H3. The van der Waals surface area contributed by atoms with Crippen molar-refractivity contribution in [2.45, 2.75) is 25.7 Å². The first kappa shape index (κ1) is 13.0. The first-order chi connectivity index (χ1) is 7.98. The molecule has 0 aliphatic carbocycles. The second-order valence-corrected chi connectivity index (χ2v) is 5.27. The zero-order valence-corrected chi connectivity index (χ0v) is 11.3. The maximum Gasteiger partial charge on any atom is 0.162 e. The molecule has 0 amide bonds. The highest BCUT2D eigenvalue weighted by Crippen LogP contribution is 2.31. The Hall–Kier alpha value is -0.480. The Morgan fingerprint density at radius 1 is 1.18 bits per heavy atom. The summed E-state index contributed by atoms with van der Waals surface area (Å²) in [6.45, 7) is 4.92. The van der Waals surface area contributed by atoms with E-state index in [1.807, 2.05) is 19.9 Å². The van der Waals surface area contributed by atoms with Crippen LogP contribution in [0.5, 0.6) is 0 Å². The predicted molar refractivity (Wildman–Crippen MR) is 69.9 cm³/mol. The SMILES string of the molecule is CC1(C)OCC(Nc2c(Cl)cccc2Cl)CO1. The van der Waals surface area contributed by atoms with E-state index in [1.165, 1.54) is 0 Å². The van der Waals surface area contributed by atoms with Crippen molar-refractivity contribution in [1.29, 1.82) is 0 Å². The summed E-state index contributed by atoms with van der Waals surface area (Å²) in [5.74, 6) is -0.511. The Labute approximate surface area is 111 Å².